The van der Waals surface area contributed by atoms with Gasteiger partial charge in [-0.2, -0.15) is 13.2 Å². The van der Waals surface area contributed by atoms with Crippen molar-refractivity contribution in [2.45, 2.75) is 33.5 Å². The normalized spacial score (nSPS) is 11.9. The van der Waals surface area contributed by atoms with Crippen molar-refractivity contribution < 1.29 is 27.8 Å². The second kappa shape index (κ2) is 10.1. The van der Waals surface area contributed by atoms with E-state index in [4.69, 9.17) is 16.3 Å². The van der Waals surface area contributed by atoms with E-state index in [2.05, 4.69) is 19.9 Å². The Kier molecular flexibility index (Phi) is 6.96. The number of pyridine rings is 1. The molecule has 0 radical (unpaired) electrons. The molecule has 4 aromatic heterocycles. The maximum absolute atomic E-state index is 13.2. The third kappa shape index (κ3) is 4.97. The number of carboxylic acid groups (broad SMARTS) is 1. The number of nitrogens with zero attached hydrogens (tertiary/aromatic N) is 5. The molecule has 5 aromatic rings. The number of thiophene rings is 1. The summed E-state index contributed by atoms with van der Waals surface area (Å²) in [5, 5.41) is 11.5. The highest BCUT2D eigenvalue weighted by molar-refractivity contribution is 7.18. The van der Waals surface area contributed by atoms with Gasteiger partial charge in [-0.15, -0.1) is 11.3 Å². The third-order valence-electron chi connectivity index (χ3n) is 6.11. The van der Waals surface area contributed by atoms with Crippen LogP contribution in [0.2, 0.25) is 5.02 Å². The highest BCUT2D eigenvalue weighted by Crippen LogP contribution is 2.40. The van der Waals surface area contributed by atoms with Crippen LogP contribution in [0, 0.1) is 20.8 Å². The Morgan fingerprint density at radius 2 is 1.82 bits per heavy atom. The second-order valence-electron chi connectivity index (χ2n) is 8.88. The highest BCUT2D eigenvalue weighted by atomic mass is 35.5. The van der Waals surface area contributed by atoms with Crippen molar-refractivity contribution in [2.24, 2.45) is 0 Å². The minimum absolute atomic E-state index is 0.00631. The van der Waals surface area contributed by atoms with Gasteiger partial charge in [0.05, 0.1) is 28.0 Å². The number of carboxylic acids is 1. The van der Waals surface area contributed by atoms with Crippen LogP contribution in [0.1, 0.15) is 33.3 Å². The Bertz CT molecular complexity index is 1890. The molecule has 4 heterocycles. The molecule has 0 aliphatic heterocycles. The number of ether oxygens (including phenoxy) is 1. The number of aromatic nitrogens is 5. The van der Waals surface area contributed by atoms with Gasteiger partial charge in [0.25, 0.3) is 5.56 Å². The van der Waals surface area contributed by atoms with E-state index in [1.165, 1.54) is 28.2 Å². The molecule has 9 nitrogen and oxygen atoms in total. The molecule has 0 saturated carbocycles. The first-order valence-corrected chi connectivity index (χ1v) is 13.0. The lowest BCUT2D eigenvalue weighted by molar-refractivity contribution is -0.141. The number of halogens is 4. The van der Waals surface area contributed by atoms with E-state index in [0.717, 1.165) is 6.92 Å². The van der Waals surface area contributed by atoms with Crippen molar-refractivity contribution >= 4 is 50.3 Å². The molecule has 0 fully saturated rings. The van der Waals surface area contributed by atoms with Gasteiger partial charge in [0, 0.05) is 27.2 Å². The molecular weight excluding hydrogens is 571 g/mol. The van der Waals surface area contributed by atoms with E-state index in [9.17, 15) is 27.9 Å². The summed E-state index contributed by atoms with van der Waals surface area (Å²) in [5.74, 6) is -0.515. The number of benzene rings is 1. The zero-order chi connectivity index (χ0) is 28.9. The fraction of sp³-hybridized carbons (Fsp3) is 0.231. The minimum atomic E-state index is -4.73. The van der Waals surface area contributed by atoms with Gasteiger partial charge < -0.3 is 9.84 Å². The Hall–Kier alpha value is -4.10. The quantitative estimate of drug-likeness (QED) is 0.262. The van der Waals surface area contributed by atoms with E-state index in [1.807, 2.05) is 0 Å². The minimum Gasteiger partial charge on any atom is -0.491 e. The number of alkyl halides is 3. The molecule has 40 heavy (non-hydrogen) atoms. The van der Waals surface area contributed by atoms with Gasteiger partial charge in [-0.1, -0.05) is 11.6 Å². The molecular formula is C26H19ClF3N5O4S. The zero-order valence-corrected chi connectivity index (χ0v) is 22.7. The average Bonchev–Trinajstić information content (AvgIpc) is 3.30. The Balaban J connectivity index is 1.49. The van der Waals surface area contributed by atoms with Crippen LogP contribution in [0.4, 0.5) is 13.2 Å². The van der Waals surface area contributed by atoms with Gasteiger partial charge in [-0.25, -0.2) is 19.7 Å². The topological polar surface area (TPSA) is 120 Å². The number of carbonyl (C=O) groups is 1. The Morgan fingerprint density at radius 3 is 2.52 bits per heavy atom. The zero-order valence-electron chi connectivity index (χ0n) is 21.1. The first kappa shape index (κ1) is 27.5. The number of rotatable bonds is 6. The summed E-state index contributed by atoms with van der Waals surface area (Å²) in [7, 11) is 0. The molecule has 0 atom stereocenters. The van der Waals surface area contributed by atoms with Gasteiger partial charge in [0.2, 0.25) is 0 Å². The van der Waals surface area contributed by atoms with Crippen LogP contribution in [0.15, 0.2) is 34.4 Å². The standard InChI is InChI=1S/C26H19ClF3N5O4S/c1-11-8-16(21-19(31-11)17(10-40-21)25(37)38)15-9-14(27)4-5-18(15)39-7-6-35-13(3)33-23-20(24(35)36)32-12(2)22(34-23)26(28,29)30/h4-5,8-10H,6-7H2,1-3H3,(H,37,38). The number of fused-ring (bicyclic) bond motifs is 2. The van der Waals surface area contributed by atoms with Crippen molar-refractivity contribution in [2.75, 3.05) is 6.61 Å². The number of aryl methyl sites for hydroxylation is 3. The van der Waals surface area contributed by atoms with Gasteiger partial charge in [-0.05, 0) is 45.0 Å². The lowest BCUT2D eigenvalue weighted by Crippen LogP contribution is -2.28. The Morgan fingerprint density at radius 1 is 1.07 bits per heavy atom. The summed E-state index contributed by atoms with van der Waals surface area (Å²) in [6, 6.07) is 6.79. The summed E-state index contributed by atoms with van der Waals surface area (Å²) >= 11 is 7.53. The van der Waals surface area contributed by atoms with E-state index < -0.39 is 29.1 Å². The van der Waals surface area contributed by atoms with Crippen molar-refractivity contribution in [3.63, 3.8) is 0 Å². The molecule has 0 unspecified atom stereocenters. The maximum Gasteiger partial charge on any atom is 0.435 e. The lowest BCUT2D eigenvalue weighted by atomic mass is 10.0. The number of aromatic carboxylic acids is 1. The third-order valence-corrected chi connectivity index (χ3v) is 7.35. The molecule has 0 bridgehead atoms. The van der Waals surface area contributed by atoms with Crippen LogP contribution in [-0.4, -0.2) is 42.2 Å². The molecule has 14 heteroatoms. The summed E-state index contributed by atoms with van der Waals surface area (Å²) in [5.41, 5.74) is -0.577. The molecule has 0 saturated heterocycles. The predicted molar refractivity (Wildman–Crippen MR) is 143 cm³/mol. The first-order valence-electron chi connectivity index (χ1n) is 11.7. The highest BCUT2D eigenvalue weighted by Gasteiger charge is 2.36. The van der Waals surface area contributed by atoms with Gasteiger partial charge in [-0.3, -0.25) is 14.3 Å². The average molecular weight is 590 g/mol. The maximum atomic E-state index is 13.2. The summed E-state index contributed by atoms with van der Waals surface area (Å²) in [6.07, 6.45) is -4.73. The molecule has 0 aliphatic rings. The predicted octanol–water partition coefficient (Wildman–Crippen LogP) is 5.84. The van der Waals surface area contributed by atoms with Crippen molar-refractivity contribution in [3.05, 3.63) is 73.5 Å². The smallest absolute Gasteiger partial charge is 0.435 e. The van der Waals surface area contributed by atoms with E-state index in [0.29, 0.717) is 37.8 Å². The number of hydrogen-bond donors (Lipinski definition) is 1. The van der Waals surface area contributed by atoms with Gasteiger partial charge in [0.15, 0.2) is 16.9 Å². The molecule has 5 rings (SSSR count). The van der Waals surface area contributed by atoms with Crippen molar-refractivity contribution in [1.82, 2.24) is 24.5 Å². The van der Waals surface area contributed by atoms with Crippen LogP contribution in [0.3, 0.4) is 0 Å². The fourth-order valence-corrected chi connectivity index (χ4v) is 5.51. The van der Waals surface area contributed by atoms with Gasteiger partial charge in [0.1, 0.15) is 18.2 Å². The van der Waals surface area contributed by atoms with Crippen LogP contribution >= 0.6 is 22.9 Å². The van der Waals surface area contributed by atoms with Crippen molar-refractivity contribution in [3.8, 4) is 16.9 Å². The molecule has 0 spiro atoms. The molecule has 206 valence electrons. The molecule has 1 aromatic carbocycles. The van der Waals surface area contributed by atoms with E-state index >= 15 is 0 Å². The summed E-state index contributed by atoms with van der Waals surface area (Å²) < 4.78 is 47.7. The molecule has 0 aliphatic carbocycles. The second-order valence-corrected chi connectivity index (χ2v) is 10.2. The van der Waals surface area contributed by atoms with Crippen LogP contribution in [-0.2, 0) is 12.7 Å². The summed E-state index contributed by atoms with van der Waals surface area (Å²) in [4.78, 5) is 40.6. The molecule has 0 amide bonds. The van der Waals surface area contributed by atoms with Crippen LogP contribution in [0.25, 0.3) is 32.5 Å². The Labute approximate surface area is 232 Å². The molecule has 1 N–H and O–H groups in total. The number of hydrogen-bond acceptors (Lipinski definition) is 8. The van der Waals surface area contributed by atoms with Crippen LogP contribution < -0.4 is 10.3 Å². The van der Waals surface area contributed by atoms with Crippen LogP contribution in [0.5, 0.6) is 5.75 Å². The SMILES string of the molecule is Cc1cc(-c2cc(Cl)ccc2OCCn2c(C)nc3nc(C(F)(F)F)c(C)nc3c2=O)c2scc(C(=O)O)c2n1. The largest absolute Gasteiger partial charge is 0.491 e. The van der Waals surface area contributed by atoms with Crippen molar-refractivity contribution in [1.29, 1.82) is 0 Å². The lowest BCUT2D eigenvalue weighted by Gasteiger charge is -2.15. The van der Waals surface area contributed by atoms with E-state index in [1.54, 1.807) is 31.2 Å². The fourth-order valence-electron chi connectivity index (χ4n) is 4.33. The van der Waals surface area contributed by atoms with Gasteiger partial charge >= 0.3 is 12.1 Å². The first-order chi connectivity index (χ1) is 18.8. The van der Waals surface area contributed by atoms with E-state index in [-0.39, 0.29) is 35.7 Å². The summed E-state index contributed by atoms with van der Waals surface area (Å²) in [6.45, 7) is 4.38. The monoisotopic (exact) mass is 589 g/mol.